The van der Waals surface area contributed by atoms with Crippen LogP contribution in [-0.2, 0) is 7.05 Å². The van der Waals surface area contributed by atoms with Crippen LogP contribution in [0.3, 0.4) is 0 Å². The first-order valence-corrected chi connectivity index (χ1v) is 6.67. The SMILES string of the molecule is Cn1ncc(NCC2CCCCN2)c(Br)c1=O. The number of nitrogens with zero attached hydrogens (tertiary/aromatic N) is 2. The van der Waals surface area contributed by atoms with Crippen molar-refractivity contribution in [3.63, 3.8) is 0 Å². The van der Waals surface area contributed by atoms with Crippen LogP contribution < -0.4 is 16.2 Å². The molecule has 0 amide bonds. The highest BCUT2D eigenvalue weighted by molar-refractivity contribution is 9.10. The molecule has 2 heterocycles. The van der Waals surface area contributed by atoms with Gasteiger partial charge in [-0.15, -0.1) is 0 Å². The fourth-order valence-corrected chi connectivity index (χ4v) is 2.46. The molecule has 1 unspecified atom stereocenters. The van der Waals surface area contributed by atoms with Crippen molar-refractivity contribution in [2.75, 3.05) is 18.4 Å². The van der Waals surface area contributed by atoms with Crippen molar-refractivity contribution >= 4 is 21.6 Å². The van der Waals surface area contributed by atoms with Crippen LogP contribution in [0.4, 0.5) is 5.69 Å². The molecule has 5 nitrogen and oxygen atoms in total. The zero-order valence-electron chi connectivity index (χ0n) is 9.87. The third kappa shape index (κ3) is 3.07. The van der Waals surface area contributed by atoms with Crippen molar-refractivity contribution < 1.29 is 0 Å². The molecule has 94 valence electrons. The largest absolute Gasteiger partial charge is 0.381 e. The first-order valence-electron chi connectivity index (χ1n) is 5.87. The molecule has 0 bridgehead atoms. The second-order valence-electron chi connectivity index (χ2n) is 4.33. The summed E-state index contributed by atoms with van der Waals surface area (Å²) in [5.74, 6) is 0. The second-order valence-corrected chi connectivity index (χ2v) is 5.12. The Labute approximate surface area is 109 Å². The Morgan fingerprint density at radius 3 is 3.18 bits per heavy atom. The minimum atomic E-state index is -0.119. The molecule has 0 radical (unpaired) electrons. The highest BCUT2D eigenvalue weighted by atomic mass is 79.9. The van der Waals surface area contributed by atoms with Crippen LogP contribution in [0.25, 0.3) is 0 Å². The molecule has 1 fully saturated rings. The molecule has 0 aliphatic carbocycles. The summed E-state index contributed by atoms with van der Waals surface area (Å²) in [6, 6.07) is 0.486. The number of nitrogens with one attached hydrogen (secondary N) is 2. The summed E-state index contributed by atoms with van der Waals surface area (Å²) < 4.78 is 1.86. The number of hydrogen-bond acceptors (Lipinski definition) is 4. The van der Waals surface area contributed by atoms with Crippen LogP contribution in [0.1, 0.15) is 19.3 Å². The van der Waals surface area contributed by atoms with Gasteiger partial charge in [0.25, 0.3) is 5.56 Å². The van der Waals surface area contributed by atoms with Gasteiger partial charge in [-0.25, -0.2) is 4.68 Å². The van der Waals surface area contributed by atoms with Crippen molar-refractivity contribution in [3.8, 4) is 0 Å². The van der Waals surface area contributed by atoms with Gasteiger partial charge < -0.3 is 10.6 Å². The van der Waals surface area contributed by atoms with E-state index in [1.54, 1.807) is 13.2 Å². The molecular weight excluding hydrogens is 284 g/mol. The summed E-state index contributed by atoms with van der Waals surface area (Å²) in [6.07, 6.45) is 5.39. The van der Waals surface area contributed by atoms with E-state index in [0.29, 0.717) is 10.5 Å². The molecule has 0 aromatic carbocycles. The van der Waals surface area contributed by atoms with Gasteiger partial charge in [0.05, 0.1) is 11.9 Å². The fourth-order valence-electron chi connectivity index (χ4n) is 1.97. The number of anilines is 1. The summed E-state index contributed by atoms with van der Waals surface area (Å²) >= 11 is 3.30. The van der Waals surface area contributed by atoms with Crippen LogP contribution in [0, 0.1) is 0 Å². The smallest absolute Gasteiger partial charge is 0.282 e. The first kappa shape index (κ1) is 12.6. The van der Waals surface area contributed by atoms with Gasteiger partial charge in [-0.2, -0.15) is 5.10 Å². The molecule has 2 rings (SSSR count). The van der Waals surface area contributed by atoms with Crippen LogP contribution >= 0.6 is 15.9 Å². The Hall–Kier alpha value is -0.880. The second kappa shape index (κ2) is 5.64. The van der Waals surface area contributed by atoms with Crippen molar-refractivity contribution in [2.45, 2.75) is 25.3 Å². The van der Waals surface area contributed by atoms with Gasteiger partial charge in [-0.3, -0.25) is 4.79 Å². The monoisotopic (exact) mass is 300 g/mol. The van der Waals surface area contributed by atoms with Crippen LogP contribution in [0.5, 0.6) is 0 Å². The summed E-state index contributed by atoms with van der Waals surface area (Å²) in [5.41, 5.74) is 0.645. The molecule has 1 aromatic rings. The molecule has 2 N–H and O–H groups in total. The summed E-state index contributed by atoms with van der Waals surface area (Å²) in [6.45, 7) is 1.91. The molecule has 1 saturated heterocycles. The van der Waals surface area contributed by atoms with Gasteiger partial charge >= 0.3 is 0 Å². The highest BCUT2D eigenvalue weighted by Gasteiger charge is 2.13. The Kier molecular flexibility index (Phi) is 4.17. The van der Waals surface area contributed by atoms with Crippen molar-refractivity contribution in [3.05, 3.63) is 21.0 Å². The molecule has 1 atom stereocenters. The summed E-state index contributed by atoms with van der Waals surface area (Å²) in [5, 5.41) is 10.7. The van der Waals surface area contributed by atoms with E-state index in [1.807, 2.05) is 0 Å². The van der Waals surface area contributed by atoms with Crippen LogP contribution in [-0.4, -0.2) is 28.9 Å². The van der Waals surface area contributed by atoms with Gasteiger partial charge in [0, 0.05) is 19.6 Å². The number of piperidine rings is 1. The lowest BCUT2D eigenvalue weighted by Crippen LogP contribution is -2.39. The lowest BCUT2D eigenvalue weighted by molar-refractivity contribution is 0.414. The predicted octanol–water partition coefficient (Wildman–Crippen LogP) is 1.10. The molecule has 1 aliphatic heterocycles. The van der Waals surface area contributed by atoms with E-state index in [2.05, 4.69) is 31.7 Å². The van der Waals surface area contributed by atoms with Crippen LogP contribution in [0.15, 0.2) is 15.5 Å². The normalized spacial score (nSPS) is 20.2. The summed E-state index contributed by atoms with van der Waals surface area (Å²) in [7, 11) is 1.64. The maximum absolute atomic E-state index is 11.6. The minimum absolute atomic E-state index is 0.119. The first-order chi connectivity index (χ1) is 8.18. The van der Waals surface area contributed by atoms with E-state index < -0.39 is 0 Å². The number of hydrogen-bond donors (Lipinski definition) is 2. The van der Waals surface area contributed by atoms with Gasteiger partial charge in [-0.1, -0.05) is 6.42 Å². The molecule has 6 heteroatoms. The lowest BCUT2D eigenvalue weighted by atomic mass is 10.1. The van der Waals surface area contributed by atoms with Crippen molar-refractivity contribution in [1.29, 1.82) is 0 Å². The zero-order chi connectivity index (χ0) is 12.3. The van der Waals surface area contributed by atoms with Crippen LogP contribution in [0.2, 0.25) is 0 Å². The maximum Gasteiger partial charge on any atom is 0.282 e. The summed E-state index contributed by atoms with van der Waals surface area (Å²) in [4.78, 5) is 11.6. The molecule has 1 aromatic heterocycles. The average Bonchev–Trinajstić information content (AvgIpc) is 2.36. The third-order valence-corrected chi connectivity index (χ3v) is 3.80. The lowest BCUT2D eigenvalue weighted by Gasteiger charge is -2.24. The van der Waals surface area contributed by atoms with E-state index in [4.69, 9.17) is 0 Å². The van der Waals surface area contributed by atoms with Crippen molar-refractivity contribution in [2.24, 2.45) is 7.05 Å². The van der Waals surface area contributed by atoms with E-state index in [-0.39, 0.29) is 5.56 Å². The van der Waals surface area contributed by atoms with E-state index in [1.165, 1.54) is 23.9 Å². The minimum Gasteiger partial charge on any atom is -0.381 e. The Morgan fingerprint density at radius 1 is 1.65 bits per heavy atom. The van der Waals surface area contributed by atoms with E-state index >= 15 is 0 Å². The standard InChI is InChI=1S/C11H17BrN4O/c1-16-11(17)10(12)9(7-15-16)14-6-8-4-2-3-5-13-8/h7-8,13-14H,2-6H2,1H3. The molecule has 1 aliphatic rings. The third-order valence-electron chi connectivity index (χ3n) is 3.03. The van der Waals surface area contributed by atoms with E-state index in [0.717, 1.165) is 18.8 Å². The predicted molar refractivity (Wildman–Crippen MR) is 71.3 cm³/mol. The number of aromatic nitrogens is 2. The number of rotatable bonds is 3. The van der Waals surface area contributed by atoms with Gasteiger partial charge in [-0.05, 0) is 35.3 Å². The highest BCUT2D eigenvalue weighted by Crippen LogP contribution is 2.16. The van der Waals surface area contributed by atoms with Crippen molar-refractivity contribution in [1.82, 2.24) is 15.1 Å². The van der Waals surface area contributed by atoms with Gasteiger partial charge in [0.2, 0.25) is 0 Å². The zero-order valence-corrected chi connectivity index (χ0v) is 11.5. The molecular formula is C11H17BrN4O. The Bertz CT molecular complexity index is 440. The quantitative estimate of drug-likeness (QED) is 0.878. The maximum atomic E-state index is 11.6. The Morgan fingerprint density at radius 2 is 2.47 bits per heavy atom. The molecule has 0 spiro atoms. The van der Waals surface area contributed by atoms with E-state index in [9.17, 15) is 4.79 Å². The topological polar surface area (TPSA) is 59.0 Å². The molecule has 0 saturated carbocycles. The fraction of sp³-hybridized carbons (Fsp3) is 0.636. The Balaban J connectivity index is 1.99. The van der Waals surface area contributed by atoms with Gasteiger partial charge in [0.1, 0.15) is 4.47 Å². The van der Waals surface area contributed by atoms with Gasteiger partial charge in [0.15, 0.2) is 0 Å². The number of aryl methyl sites for hydroxylation is 1. The molecule has 17 heavy (non-hydrogen) atoms. The average molecular weight is 301 g/mol. The number of halogens is 1.